The van der Waals surface area contributed by atoms with Gasteiger partial charge in [0.15, 0.2) is 0 Å². The van der Waals surface area contributed by atoms with Crippen LogP contribution in [-0.4, -0.2) is 19.2 Å². The molecule has 3 nitrogen and oxygen atoms in total. The third-order valence-corrected chi connectivity index (χ3v) is 3.32. The molecule has 1 fully saturated rings. The van der Waals surface area contributed by atoms with Gasteiger partial charge in [-0.15, -0.1) is 6.42 Å². The molecular formula is C18H24O3. The van der Waals surface area contributed by atoms with E-state index in [1.165, 1.54) is 26.2 Å². The Morgan fingerprint density at radius 1 is 1.24 bits per heavy atom. The number of benzene rings is 1. The number of hydrogen-bond donors (Lipinski definition) is 0. The first-order chi connectivity index (χ1) is 10.2. The van der Waals surface area contributed by atoms with Gasteiger partial charge in [0.1, 0.15) is 6.10 Å². The third-order valence-electron chi connectivity index (χ3n) is 3.32. The Bertz CT molecular complexity index is 450. The van der Waals surface area contributed by atoms with Gasteiger partial charge in [0, 0.05) is 19.6 Å². The van der Waals surface area contributed by atoms with Crippen LogP contribution < -0.4 is 0 Å². The number of esters is 1. The van der Waals surface area contributed by atoms with E-state index in [2.05, 4.69) is 5.92 Å². The molecule has 2 rings (SSSR count). The summed E-state index contributed by atoms with van der Waals surface area (Å²) in [4.78, 5) is 10.5. The van der Waals surface area contributed by atoms with Crippen LogP contribution in [-0.2, 0) is 20.9 Å². The van der Waals surface area contributed by atoms with Crippen molar-refractivity contribution in [3.05, 3.63) is 35.4 Å². The number of carbonyl (C=O) groups is 1. The van der Waals surface area contributed by atoms with E-state index >= 15 is 0 Å². The zero-order valence-corrected chi connectivity index (χ0v) is 12.9. The van der Waals surface area contributed by atoms with Crippen LogP contribution in [0, 0.1) is 12.3 Å². The lowest BCUT2D eigenvalue weighted by Crippen LogP contribution is -2.18. The van der Waals surface area contributed by atoms with Gasteiger partial charge in [-0.1, -0.05) is 24.5 Å². The lowest BCUT2D eigenvalue weighted by atomic mass is 9.98. The van der Waals surface area contributed by atoms with E-state index in [0.717, 1.165) is 24.0 Å². The molecular weight excluding hydrogens is 264 g/mol. The molecule has 0 spiro atoms. The van der Waals surface area contributed by atoms with Gasteiger partial charge in [-0.3, -0.25) is 4.79 Å². The molecule has 114 valence electrons. The van der Waals surface area contributed by atoms with Crippen molar-refractivity contribution >= 4 is 5.97 Å². The first-order valence-electron chi connectivity index (χ1n) is 7.37. The molecule has 1 saturated carbocycles. The number of terminal acetylenes is 1. The Balaban J connectivity index is 0.000000211. The third kappa shape index (κ3) is 7.53. The zero-order valence-electron chi connectivity index (χ0n) is 12.9. The van der Waals surface area contributed by atoms with Crippen molar-refractivity contribution in [2.24, 2.45) is 0 Å². The van der Waals surface area contributed by atoms with Crippen molar-refractivity contribution in [1.29, 1.82) is 0 Å². The second-order valence-electron chi connectivity index (χ2n) is 5.14. The molecule has 0 N–H and O–H groups in total. The lowest BCUT2D eigenvalue weighted by molar-refractivity contribution is -0.147. The van der Waals surface area contributed by atoms with Gasteiger partial charge >= 0.3 is 5.97 Å². The highest BCUT2D eigenvalue weighted by Crippen LogP contribution is 2.20. The first-order valence-corrected chi connectivity index (χ1v) is 7.37. The summed E-state index contributed by atoms with van der Waals surface area (Å²) in [5.74, 6) is 2.42. The molecule has 0 bridgehead atoms. The second-order valence-corrected chi connectivity index (χ2v) is 5.14. The maximum atomic E-state index is 10.5. The van der Waals surface area contributed by atoms with E-state index < -0.39 is 0 Å². The van der Waals surface area contributed by atoms with Gasteiger partial charge in [0.25, 0.3) is 0 Å². The Morgan fingerprint density at radius 3 is 2.33 bits per heavy atom. The van der Waals surface area contributed by atoms with Gasteiger partial charge < -0.3 is 9.47 Å². The van der Waals surface area contributed by atoms with Crippen molar-refractivity contribution in [2.75, 3.05) is 7.11 Å². The summed E-state index contributed by atoms with van der Waals surface area (Å²) in [7, 11) is 1.68. The maximum absolute atomic E-state index is 10.5. The summed E-state index contributed by atoms with van der Waals surface area (Å²) in [6, 6.07) is 7.76. The van der Waals surface area contributed by atoms with Crippen LogP contribution in [0.15, 0.2) is 24.3 Å². The van der Waals surface area contributed by atoms with Crippen LogP contribution in [0.1, 0.15) is 50.2 Å². The molecule has 0 saturated heterocycles. The van der Waals surface area contributed by atoms with Gasteiger partial charge in [-0.05, 0) is 43.4 Å². The highest BCUT2D eigenvalue weighted by molar-refractivity contribution is 5.66. The Kier molecular flexibility index (Phi) is 8.23. The molecule has 1 aromatic carbocycles. The Morgan fingerprint density at radius 2 is 1.86 bits per heavy atom. The Labute approximate surface area is 127 Å². The van der Waals surface area contributed by atoms with Crippen LogP contribution in [0.25, 0.3) is 0 Å². The lowest BCUT2D eigenvalue weighted by Gasteiger charge is -2.20. The fourth-order valence-corrected chi connectivity index (χ4v) is 2.28. The molecule has 1 aliphatic carbocycles. The topological polar surface area (TPSA) is 35.5 Å². The summed E-state index contributed by atoms with van der Waals surface area (Å²) in [6.07, 6.45) is 11.3. The minimum atomic E-state index is -0.132. The fraction of sp³-hybridized carbons (Fsp3) is 0.500. The van der Waals surface area contributed by atoms with Crippen molar-refractivity contribution < 1.29 is 14.3 Å². The van der Waals surface area contributed by atoms with Crippen molar-refractivity contribution in [1.82, 2.24) is 0 Å². The minimum absolute atomic E-state index is 0.132. The van der Waals surface area contributed by atoms with Crippen LogP contribution in [0.2, 0.25) is 0 Å². The van der Waals surface area contributed by atoms with E-state index in [-0.39, 0.29) is 12.1 Å². The maximum Gasteiger partial charge on any atom is 0.302 e. The van der Waals surface area contributed by atoms with Crippen molar-refractivity contribution in [3.8, 4) is 12.3 Å². The molecule has 0 radical (unpaired) electrons. The normalized spacial score (nSPS) is 14.5. The monoisotopic (exact) mass is 288 g/mol. The molecule has 1 aliphatic rings. The largest absolute Gasteiger partial charge is 0.463 e. The minimum Gasteiger partial charge on any atom is -0.463 e. The zero-order chi connectivity index (χ0) is 15.5. The summed E-state index contributed by atoms with van der Waals surface area (Å²) in [6.45, 7) is 2.12. The quantitative estimate of drug-likeness (QED) is 0.628. The molecule has 1 aromatic rings. The van der Waals surface area contributed by atoms with Gasteiger partial charge in [-0.2, -0.15) is 0 Å². The average molecular weight is 288 g/mol. The van der Waals surface area contributed by atoms with E-state index in [0.29, 0.717) is 6.61 Å². The van der Waals surface area contributed by atoms with Crippen molar-refractivity contribution in [3.63, 3.8) is 0 Å². The predicted molar refractivity (Wildman–Crippen MR) is 83.7 cm³/mol. The standard InChI is InChI=1S/C10H10O.C8H14O2/c1-3-9-4-6-10(7-5-9)8-11-2;1-7(9)10-8-5-3-2-4-6-8/h1,4-7H,8H2,2H3;8H,2-6H2,1H3. The summed E-state index contributed by atoms with van der Waals surface area (Å²) in [5.41, 5.74) is 2.05. The smallest absolute Gasteiger partial charge is 0.302 e. The van der Waals surface area contributed by atoms with E-state index in [4.69, 9.17) is 15.9 Å². The number of ether oxygens (including phenoxy) is 2. The van der Waals surface area contributed by atoms with Crippen LogP contribution >= 0.6 is 0 Å². The average Bonchev–Trinajstić information content (AvgIpc) is 2.49. The van der Waals surface area contributed by atoms with Gasteiger partial charge in [0.2, 0.25) is 0 Å². The molecule has 0 unspecified atom stereocenters. The molecule has 0 aliphatic heterocycles. The first kappa shape index (κ1) is 17.3. The molecule has 0 aromatic heterocycles. The highest BCUT2D eigenvalue weighted by Gasteiger charge is 2.14. The molecule has 0 atom stereocenters. The number of carbonyl (C=O) groups excluding carboxylic acids is 1. The molecule has 0 heterocycles. The van der Waals surface area contributed by atoms with E-state index in [1.54, 1.807) is 7.11 Å². The predicted octanol–water partition coefficient (Wildman–Crippen LogP) is 3.70. The highest BCUT2D eigenvalue weighted by atomic mass is 16.5. The SMILES string of the molecule is C#Cc1ccc(COC)cc1.CC(=O)OC1CCCCC1. The fourth-order valence-electron chi connectivity index (χ4n) is 2.28. The number of hydrogen-bond acceptors (Lipinski definition) is 3. The summed E-state index contributed by atoms with van der Waals surface area (Å²) in [5, 5.41) is 0. The van der Waals surface area contributed by atoms with Gasteiger partial charge in [-0.25, -0.2) is 0 Å². The Hall–Kier alpha value is -1.79. The molecule has 21 heavy (non-hydrogen) atoms. The van der Waals surface area contributed by atoms with Crippen LogP contribution in [0.4, 0.5) is 0 Å². The number of rotatable bonds is 3. The van der Waals surface area contributed by atoms with E-state index in [1.807, 2.05) is 24.3 Å². The second kappa shape index (κ2) is 10.0. The van der Waals surface area contributed by atoms with Crippen molar-refractivity contribution in [2.45, 2.75) is 51.7 Å². The van der Waals surface area contributed by atoms with E-state index in [9.17, 15) is 4.79 Å². The number of methoxy groups -OCH3 is 1. The van der Waals surface area contributed by atoms with Crippen LogP contribution in [0.3, 0.4) is 0 Å². The molecule has 0 amide bonds. The van der Waals surface area contributed by atoms with Crippen LogP contribution in [0.5, 0.6) is 0 Å². The van der Waals surface area contributed by atoms with Gasteiger partial charge in [0.05, 0.1) is 6.61 Å². The summed E-state index contributed by atoms with van der Waals surface area (Å²) < 4.78 is 10.0. The summed E-state index contributed by atoms with van der Waals surface area (Å²) >= 11 is 0. The molecule has 3 heteroatoms.